The predicted octanol–water partition coefficient (Wildman–Crippen LogP) is 1.23. The number of fused-ring (bicyclic) bond motifs is 1. The number of thiocarbonyl (C=S) groups is 1. The monoisotopic (exact) mass is 206 g/mol. The molecule has 0 aliphatic heterocycles. The standard InChI is InChI=1S/C9H10N4S/c1-13-5-11-8-6(12-9(10)14)3-2-4-7(8)13/h2-5H,1H3,(H3,10,12,14). The van der Waals surface area contributed by atoms with Gasteiger partial charge in [-0.25, -0.2) is 4.98 Å². The van der Waals surface area contributed by atoms with Crippen LogP contribution in [-0.4, -0.2) is 14.7 Å². The van der Waals surface area contributed by atoms with Gasteiger partial charge in [0.25, 0.3) is 0 Å². The highest BCUT2D eigenvalue weighted by molar-refractivity contribution is 7.80. The van der Waals surface area contributed by atoms with Crippen molar-refractivity contribution in [3.05, 3.63) is 24.5 Å². The Hall–Kier alpha value is -1.62. The second-order valence-corrected chi connectivity index (χ2v) is 3.46. The maximum absolute atomic E-state index is 5.41. The van der Waals surface area contributed by atoms with Gasteiger partial charge in [0.05, 0.1) is 17.5 Å². The molecule has 72 valence electrons. The van der Waals surface area contributed by atoms with E-state index in [4.69, 9.17) is 18.0 Å². The molecule has 2 aromatic rings. The largest absolute Gasteiger partial charge is 0.376 e. The van der Waals surface area contributed by atoms with Crippen LogP contribution in [0.2, 0.25) is 0 Å². The first-order valence-electron chi connectivity index (χ1n) is 4.15. The van der Waals surface area contributed by atoms with Crippen molar-refractivity contribution in [3.63, 3.8) is 0 Å². The van der Waals surface area contributed by atoms with Gasteiger partial charge < -0.3 is 15.6 Å². The first-order valence-corrected chi connectivity index (χ1v) is 4.56. The number of aryl methyl sites for hydroxylation is 1. The van der Waals surface area contributed by atoms with Crippen LogP contribution in [0.4, 0.5) is 5.69 Å². The van der Waals surface area contributed by atoms with Crippen LogP contribution >= 0.6 is 12.2 Å². The molecule has 1 aromatic carbocycles. The molecule has 1 aromatic heterocycles. The molecule has 0 spiro atoms. The number of benzene rings is 1. The Kier molecular flexibility index (Phi) is 2.09. The molecule has 3 N–H and O–H groups in total. The van der Waals surface area contributed by atoms with Crippen LogP contribution < -0.4 is 11.1 Å². The van der Waals surface area contributed by atoms with Crippen LogP contribution in [0.5, 0.6) is 0 Å². The lowest BCUT2D eigenvalue weighted by Gasteiger charge is -2.04. The molecule has 2 rings (SSSR count). The summed E-state index contributed by atoms with van der Waals surface area (Å²) in [5, 5.41) is 3.15. The van der Waals surface area contributed by atoms with Crippen molar-refractivity contribution in [2.75, 3.05) is 5.32 Å². The lowest BCUT2D eigenvalue weighted by Crippen LogP contribution is -2.19. The average molecular weight is 206 g/mol. The first-order chi connectivity index (χ1) is 6.68. The first kappa shape index (κ1) is 8.96. The van der Waals surface area contributed by atoms with Crippen LogP contribution in [0.15, 0.2) is 24.5 Å². The summed E-state index contributed by atoms with van der Waals surface area (Å²) in [5.74, 6) is 0. The fraction of sp³-hybridized carbons (Fsp3) is 0.111. The normalized spacial score (nSPS) is 10.4. The Morgan fingerprint density at radius 1 is 1.57 bits per heavy atom. The minimum Gasteiger partial charge on any atom is -0.376 e. The zero-order valence-corrected chi connectivity index (χ0v) is 8.51. The molecular weight excluding hydrogens is 196 g/mol. The van der Waals surface area contributed by atoms with E-state index in [0.29, 0.717) is 0 Å². The van der Waals surface area contributed by atoms with E-state index in [1.165, 1.54) is 0 Å². The van der Waals surface area contributed by atoms with Crippen molar-refractivity contribution >= 4 is 34.1 Å². The number of nitrogens with one attached hydrogen (secondary N) is 1. The number of hydrogen-bond donors (Lipinski definition) is 2. The Morgan fingerprint density at radius 2 is 2.36 bits per heavy atom. The van der Waals surface area contributed by atoms with E-state index in [0.717, 1.165) is 16.7 Å². The fourth-order valence-electron chi connectivity index (χ4n) is 1.39. The van der Waals surface area contributed by atoms with E-state index in [1.807, 2.05) is 29.8 Å². The number of imidazole rings is 1. The summed E-state index contributed by atoms with van der Waals surface area (Å²) in [5.41, 5.74) is 8.18. The third-order valence-corrected chi connectivity index (χ3v) is 2.11. The maximum atomic E-state index is 5.41. The van der Waals surface area contributed by atoms with Gasteiger partial charge in [0.15, 0.2) is 5.11 Å². The molecule has 5 heteroatoms. The summed E-state index contributed by atoms with van der Waals surface area (Å²) >= 11 is 4.78. The molecule has 4 nitrogen and oxygen atoms in total. The Morgan fingerprint density at radius 3 is 3.07 bits per heavy atom. The van der Waals surface area contributed by atoms with Crippen molar-refractivity contribution in [2.45, 2.75) is 0 Å². The minimum atomic E-state index is 0.253. The van der Waals surface area contributed by atoms with Gasteiger partial charge in [-0.15, -0.1) is 0 Å². The Labute approximate surface area is 86.7 Å². The molecule has 14 heavy (non-hydrogen) atoms. The summed E-state index contributed by atoms with van der Waals surface area (Å²) in [4.78, 5) is 4.26. The van der Waals surface area contributed by atoms with E-state index in [1.54, 1.807) is 6.33 Å². The van der Waals surface area contributed by atoms with Gasteiger partial charge >= 0.3 is 0 Å². The average Bonchev–Trinajstić information content (AvgIpc) is 2.49. The summed E-state index contributed by atoms with van der Waals surface area (Å²) in [6.45, 7) is 0. The summed E-state index contributed by atoms with van der Waals surface area (Å²) in [6.07, 6.45) is 1.76. The van der Waals surface area contributed by atoms with Crippen LogP contribution in [0.3, 0.4) is 0 Å². The molecule has 0 saturated carbocycles. The molecule has 0 unspecified atom stereocenters. The number of hydrogen-bond acceptors (Lipinski definition) is 2. The summed E-state index contributed by atoms with van der Waals surface area (Å²) < 4.78 is 1.94. The van der Waals surface area contributed by atoms with Crippen molar-refractivity contribution in [2.24, 2.45) is 12.8 Å². The molecule has 0 amide bonds. The molecule has 0 aliphatic carbocycles. The van der Waals surface area contributed by atoms with Gasteiger partial charge in [0.2, 0.25) is 0 Å². The number of nitrogens with zero attached hydrogens (tertiary/aromatic N) is 2. The highest BCUT2D eigenvalue weighted by atomic mass is 32.1. The molecule has 1 heterocycles. The van der Waals surface area contributed by atoms with Gasteiger partial charge in [-0.2, -0.15) is 0 Å². The third-order valence-electron chi connectivity index (χ3n) is 2.01. The van der Waals surface area contributed by atoms with E-state index >= 15 is 0 Å². The highest BCUT2D eigenvalue weighted by Crippen LogP contribution is 2.20. The molecule has 0 atom stereocenters. The SMILES string of the molecule is Cn1cnc2c(NC(N)=S)cccc21. The number of aromatic nitrogens is 2. The number of anilines is 1. The number of rotatable bonds is 1. The van der Waals surface area contributed by atoms with Crippen LogP contribution in [0.25, 0.3) is 11.0 Å². The Bertz CT molecular complexity index is 489. The molecular formula is C9H10N4S. The lowest BCUT2D eigenvalue weighted by atomic mass is 10.2. The quantitative estimate of drug-likeness (QED) is 0.689. The molecule has 0 bridgehead atoms. The van der Waals surface area contributed by atoms with Crippen molar-refractivity contribution in [1.29, 1.82) is 0 Å². The third kappa shape index (κ3) is 1.42. The Balaban J connectivity index is 2.59. The van der Waals surface area contributed by atoms with Gasteiger partial charge in [0, 0.05) is 7.05 Å². The highest BCUT2D eigenvalue weighted by Gasteiger charge is 2.04. The van der Waals surface area contributed by atoms with Gasteiger partial charge in [-0.3, -0.25) is 0 Å². The molecule has 0 radical (unpaired) electrons. The molecule has 0 aliphatic rings. The smallest absolute Gasteiger partial charge is 0.168 e. The van der Waals surface area contributed by atoms with E-state index < -0.39 is 0 Å². The molecule has 0 saturated heterocycles. The zero-order chi connectivity index (χ0) is 10.1. The van der Waals surface area contributed by atoms with Crippen molar-refractivity contribution < 1.29 is 0 Å². The van der Waals surface area contributed by atoms with Crippen molar-refractivity contribution in [3.8, 4) is 0 Å². The van der Waals surface area contributed by atoms with Gasteiger partial charge in [0.1, 0.15) is 5.52 Å². The van der Waals surface area contributed by atoms with Crippen LogP contribution in [-0.2, 0) is 7.05 Å². The van der Waals surface area contributed by atoms with Crippen LogP contribution in [0, 0.1) is 0 Å². The fourth-order valence-corrected chi connectivity index (χ4v) is 1.50. The van der Waals surface area contributed by atoms with Crippen molar-refractivity contribution in [1.82, 2.24) is 9.55 Å². The van der Waals surface area contributed by atoms with Gasteiger partial charge in [-0.1, -0.05) is 6.07 Å². The lowest BCUT2D eigenvalue weighted by molar-refractivity contribution is 0.948. The van der Waals surface area contributed by atoms with E-state index in [-0.39, 0.29) is 5.11 Å². The molecule has 0 fully saturated rings. The number of nitrogens with two attached hydrogens (primary N) is 1. The van der Waals surface area contributed by atoms with E-state index in [2.05, 4.69) is 10.3 Å². The van der Waals surface area contributed by atoms with E-state index in [9.17, 15) is 0 Å². The predicted molar refractivity (Wildman–Crippen MR) is 61.1 cm³/mol. The second kappa shape index (κ2) is 3.26. The minimum absolute atomic E-state index is 0.253. The van der Waals surface area contributed by atoms with Gasteiger partial charge in [-0.05, 0) is 24.4 Å². The number of para-hydroxylation sites is 1. The summed E-state index contributed by atoms with van der Waals surface area (Å²) in [7, 11) is 1.94. The zero-order valence-electron chi connectivity index (χ0n) is 7.69. The van der Waals surface area contributed by atoms with Crippen LogP contribution in [0.1, 0.15) is 0 Å². The topological polar surface area (TPSA) is 55.9 Å². The maximum Gasteiger partial charge on any atom is 0.168 e. The summed E-state index contributed by atoms with van der Waals surface area (Å²) in [6, 6.07) is 5.83. The second-order valence-electron chi connectivity index (χ2n) is 3.02.